The van der Waals surface area contributed by atoms with Gasteiger partial charge in [0.25, 0.3) is 7.59 Å². The van der Waals surface area contributed by atoms with E-state index < -0.39 is 19.5 Å². The average molecular weight is 527 g/mol. The van der Waals surface area contributed by atoms with E-state index in [0.717, 1.165) is 0 Å². The molecule has 1 rings (SSSR count). The Morgan fingerprint density at radius 1 is 0.905 bits per heavy atom. The maximum Gasteiger partial charge on any atom is 0.364 e. The minimum Gasteiger partial charge on any atom is -0.419 e. The Hall–Kier alpha value is 0.630. The molecular weight excluding hydrogens is 524 g/mol. The largest absolute Gasteiger partial charge is 0.419 e. The molecule has 0 aliphatic carbocycles. The number of esters is 2. The van der Waals surface area contributed by atoms with Crippen LogP contribution in [-0.4, -0.2) is 19.5 Å². The van der Waals surface area contributed by atoms with E-state index in [1.165, 1.54) is 12.1 Å². The van der Waals surface area contributed by atoms with E-state index in [1.54, 1.807) is 6.07 Å². The molecule has 1 aromatic rings. The summed E-state index contributed by atoms with van der Waals surface area (Å²) in [5, 5.41) is 0. The van der Waals surface area contributed by atoms with Crippen molar-refractivity contribution < 1.29 is 19.1 Å². The summed E-state index contributed by atoms with van der Waals surface area (Å²) in [5.74, 6) is -2.67. The summed E-state index contributed by atoms with van der Waals surface area (Å²) < 4.78 is 5.58. The molecule has 0 N–H and O–H groups in total. The van der Waals surface area contributed by atoms with Crippen molar-refractivity contribution in [3.05, 3.63) is 21.8 Å². The second-order valence-corrected chi connectivity index (χ2v) is 9.07. The van der Waals surface area contributed by atoms with Crippen LogP contribution in [0.15, 0.2) is 18.2 Å². The van der Waals surface area contributed by atoms with Gasteiger partial charge >= 0.3 is 11.9 Å². The lowest BCUT2D eigenvalue weighted by molar-refractivity contribution is -0.136. The van der Waals surface area contributed by atoms with Crippen molar-refractivity contribution in [3.8, 4) is 11.5 Å². The molecule has 116 valence electrons. The van der Waals surface area contributed by atoms with E-state index in [-0.39, 0.29) is 11.5 Å². The zero-order valence-electron chi connectivity index (χ0n) is 9.51. The molecule has 0 amide bonds. The monoisotopic (exact) mass is 524 g/mol. The number of hydrogen-bond acceptors (Lipinski definition) is 4. The molecule has 1 aromatic carbocycles. The number of benzene rings is 1. The highest BCUT2D eigenvalue weighted by Gasteiger charge is 2.36. The Morgan fingerprint density at radius 3 is 1.86 bits per heavy atom. The molecule has 0 fully saturated rings. The van der Waals surface area contributed by atoms with Crippen LogP contribution in [0.25, 0.3) is 0 Å². The van der Waals surface area contributed by atoms with Crippen LogP contribution in [0.3, 0.4) is 0 Å². The first kappa shape index (κ1) is 19.7. The standard InChI is InChI=1S/C10H3Cl6IO4/c11-9(12,13)7(18)20-5-3-1-2-4(17)6(5)21-8(19)10(14,15)16/h1-3H. The van der Waals surface area contributed by atoms with Crippen LogP contribution < -0.4 is 9.47 Å². The molecule has 0 spiro atoms. The van der Waals surface area contributed by atoms with Crippen LogP contribution >= 0.6 is 92.2 Å². The van der Waals surface area contributed by atoms with Crippen LogP contribution in [0.1, 0.15) is 0 Å². The SMILES string of the molecule is O=C(Oc1cccc(I)c1OC(=O)C(Cl)(Cl)Cl)C(Cl)(Cl)Cl. The number of halogens is 7. The summed E-state index contributed by atoms with van der Waals surface area (Å²) in [5.41, 5.74) is 0. The summed E-state index contributed by atoms with van der Waals surface area (Å²) in [6.07, 6.45) is 0. The van der Waals surface area contributed by atoms with Crippen LogP contribution in [0.2, 0.25) is 0 Å². The van der Waals surface area contributed by atoms with Crippen molar-refractivity contribution in [2.45, 2.75) is 7.59 Å². The Balaban J connectivity index is 3.10. The van der Waals surface area contributed by atoms with Gasteiger partial charge in [-0.1, -0.05) is 75.7 Å². The lowest BCUT2D eigenvalue weighted by Crippen LogP contribution is -2.27. The molecule has 0 heterocycles. The van der Waals surface area contributed by atoms with Gasteiger partial charge in [-0.15, -0.1) is 0 Å². The molecule has 0 saturated carbocycles. The third-order valence-electron chi connectivity index (χ3n) is 1.79. The highest BCUT2D eigenvalue weighted by molar-refractivity contribution is 14.1. The first-order valence-electron chi connectivity index (χ1n) is 4.79. The maximum atomic E-state index is 11.6. The average Bonchev–Trinajstić information content (AvgIpc) is 2.30. The lowest BCUT2D eigenvalue weighted by Gasteiger charge is -2.16. The highest BCUT2D eigenvalue weighted by Crippen LogP contribution is 2.37. The van der Waals surface area contributed by atoms with Crippen molar-refractivity contribution >= 4 is 104 Å². The fourth-order valence-electron chi connectivity index (χ4n) is 0.977. The van der Waals surface area contributed by atoms with Crippen molar-refractivity contribution in [1.82, 2.24) is 0 Å². The van der Waals surface area contributed by atoms with E-state index in [0.29, 0.717) is 3.57 Å². The number of ether oxygens (including phenoxy) is 2. The van der Waals surface area contributed by atoms with Gasteiger partial charge in [-0.3, -0.25) is 0 Å². The lowest BCUT2D eigenvalue weighted by atomic mass is 10.3. The van der Waals surface area contributed by atoms with Crippen molar-refractivity contribution in [1.29, 1.82) is 0 Å². The number of hydrogen-bond donors (Lipinski definition) is 0. The number of rotatable bonds is 2. The minimum absolute atomic E-state index is 0.142. The molecule has 11 heteroatoms. The Bertz CT molecular complexity index is 566. The van der Waals surface area contributed by atoms with E-state index >= 15 is 0 Å². The smallest absolute Gasteiger partial charge is 0.364 e. The van der Waals surface area contributed by atoms with Gasteiger partial charge in [-0.25, -0.2) is 9.59 Å². The second kappa shape index (κ2) is 7.47. The van der Waals surface area contributed by atoms with Gasteiger partial charge in [-0.05, 0) is 34.7 Å². The first-order valence-corrected chi connectivity index (χ1v) is 8.14. The van der Waals surface area contributed by atoms with Gasteiger partial charge in [-0.2, -0.15) is 0 Å². The Kier molecular flexibility index (Phi) is 7.00. The molecule has 0 unspecified atom stereocenters. The van der Waals surface area contributed by atoms with E-state index in [9.17, 15) is 9.59 Å². The first-order chi connectivity index (χ1) is 9.43. The predicted octanol–water partition coefficient (Wildman–Crippen LogP) is 4.84. The fraction of sp³-hybridized carbons (Fsp3) is 0.200. The maximum absolute atomic E-state index is 11.6. The number of para-hydroxylation sites is 1. The summed E-state index contributed by atoms with van der Waals surface area (Å²) >= 11 is 34.2. The van der Waals surface area contributed by atoms with Crippen molar-refractivity contribution in [2.75, 3.05) is 0 Å². The molecule has 0 saturated heterocycles. The molecule has 4 nitrogen and oxygen atoms in total. The van der Waals surface area contributed by atoms with Gasteiger partial charge in [0.05, 0.1) is 3.57 Å². The van der Waals surface area contributed by atoms with Crippen LogP contribution in [-0.2, 0) is 9.59 Å². The van der Waals surface area contributed by atoms with E-state index in [4.69, 9.17) is 79.1 Å². The van der Waals surface area contributed by atoms with Crippen LogP contribution in [0, 0.1) is 3.57 Å². The molecule has 0 aromatic heterocycles. The zero-order chi connectivity index (χ0) is 16.4. The third kappa shape index (κ3) is 5.97. The molecule has 0 aliphatic heterocycles. The molecule has 21 heavy (non-hydrogen) atoms. The van der Waals surface area contributed by atoms with E-state index in [1.807, 2.05) is 22.6 Å². The number of carbonyl (C=O) groups excluding carboxylic acids is 2. The van der Waals surface area contributed by atoms with Crippen molar-refractivity contribution in [3.63, 3.8) is 0 Å². The van der Waals surface area contributed by atoms with Gasteiger partial charge in [0, 0.05) is 0 Å². The minimum atomic E-state index is -2.30. The quantitative estimate of drug-likeness (QED) is 0.239. The molecular formula is C10H3Cl6IO4. The van der Waals surface area contributed by atoms with Crippen LogP contribution in [0.5, 0.6) is 11.5 Å². The van der Waals surface area contributed by atoms with E-state index in [2.05, 4.69) is 0 Å². The number of carbonyl (C=O) groups is 2. The Morgan fingerprint density at radius 2 is 1.38 bits per heavy atom. The van der Waals surface area contributed by atoms with Gasteiger partial charge in [0.15, 0.2) is 11.5 Å². The van der Waals surface area contributed by atoms with Crippen molar-refractivity contribution in [2.24, 2.45) is 0 Å². The third-order valence-corrected chi connectivity index (χ3v) is 3.57. The Labute approximate surface area is 163 Å². The normalized spacial score (nSPS) is 12.0. The summed E-state index contributed by atoms with van der Waals surface area (Å²) in [4.78, 5) is 23.1. The molecule has 0 radical (unpaired) electrons. The zero-order valence-corrected chi connectivity index (χ0v) is 16.2. The molecule has 0 bridgehead atoms. The predicted molar refractivity (Wildman–Crippen MR) is 91.0 cm³/mol. The second-order valence-electron chi connectivity index (χ2n) is 3.34. The summed E-state index contributed by atoms with van der Waals surface area (Å²) in [7, 11) is 0. The van der Waals surface area contributed by atoms with Gasteiger partial charge in [0.2, 0.25) is 0 Å². The highest BCUT2D eigenvalue weighted by atomic mass is 127. The summed E-state index contributed by atoms with van der Waals surface area (Å²) in [6, 6.07) is 4.40. The summed E-state index contributed by atoms with van der Waals surface area (Å²) in [6.45, 7) is 0. The molecule has 0 aliphatic rings. The topological polar surface area (TPSA) is 52.6 Å². The molecule has 0 atom stereocenters. The van der Waals surface area contributed by atoms with Gasteiger partial charge < -0.3 is 9.47 Å². The fourth-order valence-corrected chi connectivity index (χ4v) is 1.79. The van der Waals surface area contributed by atoms with Gasteiger partial charge in [0.1, 0.15) is 0 Å². The number of alkyl halides is 6. The van der Waals surface area contributed by atoms with Crippen LogP contribution in [0.4, 0.5) is 0 Å².